The highest BCUT2D eigenvalue weighted by Gasteiger charge is 2.10. The van der Waals surface area contributed by atoms with E-state index in [2.05, 4.69) is 17.1 Å². The number of aromatic nitrogens is 1. The summed E-state index contributed by atoms with van der Waals surface area (Å²) in [5, 5.41) is 16.9. The number of benzene rings is 2. The van der Waals surface area contributed by atoms with E-state index in [1.54, 1.807) is 6.08 Å². The normalized spacial score (nSPS) is 11.2. The Kier molecular flexibility index (Phi) is 5.81. The number of carbonyl (C=O) groups is 1. The summed E-state index contributed by atoms with van der Waals surface area (Å²) in [5.41, 5.74) is 5.93. The topological polar surface area (TPSA) is 89.5 Å². The first-order chi connectivity index (χ1) is 13.5. The minimum absolute atomic E-state index is 0.0710. The third-order valence-corrected chi connectivity index (χ3v) is 4.91. The van der Waals surface area contributed by atoms with Crippen LogP contribution in [0.4, 0.5) is 5.69 Å². The van der Waals surface area contributed by atoms with Crippen LogP contribution in [0.2, 0.25) is 0 Å². The van der Waals surface area contributed by atoms with Crippen molar-refractivity contribution in [2.45, 2.75) is 13.5 Å². The van der Waals surface area contributed by atoms with Crippen LogP contribution in [0.25, 0.3) is 11.3 Å². The molecular formula is C20H18N4O3S. The summed E-state index contributed by atoms with van der Waals surface area (Å²) in [6.07, 6.45) is 1.77. The standard InChI is InChI=1S/C20H18N4O3S/c1-3-12-23-18(15-6-4-14(2)5-7-15)13-28-20(23)22-21-19(25)16-8-10-17(11-9-16)24(26)27/h3-11,13H,1,12H2,2H3,(H,21,25)/b22-20-. The second kappa shape index (κ2) is 8.45. The largest absolute Gasteiger partial charge is 0.311 e. The van der Waals surface area contributed by atoms with Gasteiger partial charge in [0.2, 0.25) is 4.80 Å². The summed E-state index contributed by atoms with van der Waals surface area (Å²) < 4.78 is 1.96. The quantitative estimate of drug-likeness (QED) is 0.391. The van der Waals surface area contributed by atoms with E-state index in [1.807, 2.05) is 41.1 Å². The van der Waals surface area contributed by atoms with Gasteiger partial charge in [-0.2, -0.15) is 0 Å². The molecule has 0 radical (unpaired) electrons. The zero-order valence-electron chi connectivity index (χ0n) is 15.2. The first-order valence-corrected chi connectivity index (χ1v) is 9.32. The molecule has 28 heavy (non-hydrogen) atoms. The first kappa shape index (κ1) is 19.2. The van der Waals surface area contributed by atoms with Crippen molar-refractivity contribution in [3.05, 3.63) is 92.6 Å². The number of nitro groups is 1. The molecule has 142 valence electrons. The maximum absolute atomic E-state index is 12.3. The number of amides is 1. The molecular weight excluding hydrogens is 376 g/mol. The van der Waals surface area contributed by atoms with E-state index in [-0.39, 0.29) is 5.69 Å². The van der Waals surface area contributed by atoms with Gasteiger partial charge >= 0.3 is 0 Å². The molecule has 8 heteroatoms. The SMILES string of the molecule is C=CCn1c(-c2ccc(C)cc2)cs/c1=N\NC(=O)c1ccc([N+](=O)[O-])cc1. The molecule has 0 aliphatic rings. The summed E-state index contributed by atoms with van der Waals surface area (Å²) in [4.78, 5) is 23.1. The van der Waals surface area contributed by atoms with E-state index in [0.29, 0.717) is 16.9 Å². The molecule has 0 saturated carbocycles. The van der Waals surface area contributed by atoms with Crippen LogP contribution in [0, 0.1) is 17.0 Å². The van der Waals surface area contributed by atoms with Gasteiger partial charge in [0.25, 0.3) is 11.6 Å². The van der Waals surface area contributed by atoms with Crippen molar-refractivity contribution in [2.75, 3.05) is 0 Å². The fourth-order valence-electron chi connectivity index (χ4n) is 2.58. The lowest BCUT2D eigenvalue weighted by Crippen LogP contribution is -2.24. The lowest BCUT2D eigenvalue weighted by Gasteiger charge is -2.07. The zero-order valence-corrected chi connectivity index (χ0v) is 16.0. The van der Waals surface area contributed by atoms with Gasteiger partial charge in [-0.3, -0.25) is 14.9 Å². The molecule has 0 atom stereocenters. The highest BCUT2D eigenvalue weighted by Crippen LogP contribution is 2.20. The molecule has 1 aromatic heterocycles. The van der Waals surface area contributed by atoms with Gasteiger partial charge < -0.3 is 4.57 Å². The van der Waals surface area contributed by atoms with E-state index in [4.69, 9.17) is 0 Å². The van der Waals surface area contributed by atoms with Crippen molar-refractivity contribution in [1.29, 1.82) is 0 Å². The van der Waals surface area contributed by atoms with Crippen molar-refractivity contribution < 1.29 is 9.72 Å². The van der Waals surface area contributed by atoms with Gasteiger partial charge in [-0.05, 0) is 24.6 Å². The Hall–Kier alpha value is -3.52. The van der Waals surface area contributed by atoms with Crippen molar-refractivity contribution in [3.8, 4) is 11.3 Å². The molecule has 0 aliphatic heterocycles. The minimum atomic E-state index is -0.511. The van der Waals surface area contributed by atoms with Crippen LogP contribution in [0.5, 0.6) is 0 Å². The molecule has 1 heterocycles. The van der Waals surface area contributed by atoms with Crippen molar-refractivity contribution in [3.63, 3.8) is 0 Å². The van der Waals surface area contributed by atoms with Crippen molar-refractivity contribution >= 4 is 22.9 Å². The third-order valence-electron chi connectivity index (χ3n) is 4.05. The summed E-state index contributed by atoms with van der Waals surface area (Å²) >= 11 is 1.40. The summed E-state index contributed by atoms with van der Waals surface area (Å²) in [6, 6.07) is 13.5. The average Bonchev–Trinajstić information content (AvgIpc) is 3.09. The lowest BCUT2D eigenvalue weighted by molar-refractivity contribution is -0.384. The maximum atomic E-state index is 12.3. The minimum Gasteiger partial charge on any atom is -0.311 e. The van der Waals surface area contributed by atoms with Crippen molar-refractivity contribution in [1.82, 2.24) is 9.99 Å². The highest BCUT2D eigenvalue weighted by molar-refractivity contribution is 7.07. The van der Waals surface area contributed by atoms with Gasteiger partial charge in [-0.15, -0.1) is 23.0 Å². The Labute approximate surface area is 165 Å². The number of allylic oxidation sites excluding steroid dienone is 1. The summed E-state index contributed by atoms with van der Waals surface area (Å²) in [6.45, 7) is 6.36. The number of hydrogen-bond acceptors (Lipinski definition) is 5. The first-order valence-electron chi connectivity index (χ1n) is 8.44. The molecule has 7 nitrogen and oxygen atoms in total. The second-order valence-corrected chi connectivity index (χ2v) is 6.86. The lowest BCUT2D eigenvalue weighted by atomic mass is 10.1. The Morgan fingerprint density at radius 3 is 2.54 bits per heavy atom. The number of nitrogens with zero attached hydrogens (tertiary/aromatic N) is 3. The van der Waals surface area contributed by atoms with Gasteiger partial charge in [0, 0.05) is 29.6 Å². The molecule has 0 saturated heterocycles. The Morgan fingerprint density at radius 1 is 1.25 bits per heavy atom. The maximum Gasteiger partial charge on any atom is 0.271 e. The predicted molar refractivity (Wildman–Crippen MR) is 109 cm³/mol. The van der Waals surface area contributed by atoms with Crippen LogP contribution in [0.3, 0.4) is 0 Å². The van der Waals surface area contributed by atoms with Crippen LogP contribution in [-0.4, -0.2) is 15.4 Å². The Balaban J connectivity index is 1.87. The molecule has 3 aromatic rings. The number of nitrogens with one attached hydrogen (secondary N) is 1. The van der Waals surface area contributed by atoms with Crippen LogP contribution >= 0.6 is 11.3 Å². The van der Waals surface area contributed by atoms with E-state index < -0.39 is 10.8 Å². The number of nitro benzene ring substituents is 1. The molecule has 0 fully saturated rings. The summed E-state index contributed by atoms with van der Waals surface area (Å²) in [5.74, 6) is -0.440. The molecule has 0 unspecified atom stereocenters. The monoisotopic (exact) mass is 394 g/mol. The van der Waals surface area contributed by atoms with Crippen LogP contribution in [0.1, 0.15) is 15.9 Å². The number of thiazole rings is 1. The van der Waals surface area contributed by atoms with Gasteiger partial charge in [0.15, 0.2) is 0 Å². The predicted octanol–water partition coefficient (Wildman–Crippen LogP) is 3.86. The Bertz CT molecular complexity index is 1080. The average molecular weight is 394 g/mol. The van der Waals surface area contributed by atoms with Gasteiger partial charge in [-0.25, -0.2) is 5.43 Å². The highest BCUT2D eigenvalue weighted by atomic mass is 32.1. The molecule has 0 spiro atoms. The summed E-state index contributed by atoms with van der Waals surface area (Å²) in [7, 11) is 0. The number of hydrogen-bond donors (Lipinski definition) is 1. The molecule has 0 bridgehead atoms. The molecule has 2 aromatic carbocycles. The molecule has 0 aliphatic carbocycles. The smallest absolute Gasteiger partial charge is 0.271 e. The fourth-order valence-corrected chi connectivity index (χ4v) is 3.46. The third kappa shape index (κ3) is 4.24. The zero-order chi connectivity index (χ0) is 20.1. The van der Waals surface area contributed by atoms with E-state index >= 15 is 0 Å². The number of carbonyl (C=O) groups excluding carboxylic acids is 1. The van der Waals surface area contributed by atoms with Crippen molar-refractivity contribution in [2.24, 2.45) is 5.10 Å². The van der Waals surface area contributed by atoms with Crippen LogP contribution < -0.4 is 10.2 Å². The van der Waals surface area contributed by atoms with Crippen LogP contribution in [-0.2, 0) is 6.54 Å². The Morgan fingerprint density at radius 2 is 1.93 bits per heavy atom. The number of aryl methyl sites for hydroxylation is 1. The van der Waals surface area contributed by atoms with E-state index in [9.17, 15) is 14.9 Å². The number of non-ortho nitro benzene ring substituents is 1. The van der Waals surface area contributed by atoms with E-state index in [0.717, 1.165) is 11.3 Å². The van der Waals surface area contributed by atoms with Gasteiger partial charge in [-0.1, -0.05) is 35.9 Å². The van der Waals surface area contributed by atoms with Crippen LogP contribution in [0.15, 0.2) is 71.7 Å². The van der Waals surface area contributed by atoms with Gasteiger partial charge in [0.1, 0.15) is 0 Å². The fraction of sp³-hybridized carbons (Fsp3) is 0.100. The molecule has 1 amide bonds. The molecule has 3 rings (SSSR count). The number of rotatable bonds is 6. The second-order valence-electron chi connectivity index (χ2n) is 6.03. The van der Waals surface area contributed by atoms with E-state index in [1.165, 1.54) is 41.2 Å². The van der Waals surface area contributed by atoms with Gasteiger partial charge in [0.05, 0.1) is 10.6 Å². The molecule has 1 N–H and O–H groups in total.